The lowest BCUT2D eigenvalue weighted by atomic mass is 10.1. The van der Waals surface area contributed by atoms with Crippen molar-refractivity contribution in [3.63, 3.8) is 0 Å². The van der Waals surface area contributed by atoms with Gasteiger partial charge in [0.05, 0.1) is 0 Å². The van der Waals surface area contributed by atoms with E-state index < -0.39 is 0 Å². The first-order chi connectivity index (χ1) is 10.8. The number of fused-ring (bicyclic) bond motifs is 1. The van der Waals surface area contributed by atoms with Crippen LogP contribution in [0.4, 0.5) is 0 Å². The Bertz CT molecular complexity index is 576. The van der Waals surface area contributed by atoms with Crippen molar-refractivity contribution >= 4 is 16.8 Å². The number of unbranched alkanes of at least 4 members (excludes halogenated alkanes) is 2. The van der Waals surface area contributed by atoms with Crippen LogP contribution in [0.15, 0.2) is 30.5 Å². The number of amides is 1. The second-order valence-corrected chi connectivity index (χ2v) is 5.67. The summed E-state index contributed by atoms with van der Waals surface area (Å²) in [4.78, 5) is 14.9. The number of hydrogen-bond donors (Lipinski definition) is 3. The van der Waals surface area contributed by atoms with Gasteiger partial charge in [-0.15, -0.1) is 0 Å². The predicted octanol–water partition coefficient (Wildman–Crippen LogP) is 3.00. The Balaban J connectivity index is 1.58. The topological polar surface area (TPSA) is 56.9 Å². The van der Waals surface area contributed by atoms with Crippen LogP contribution < -0.4 is 10.6 Å². The van der Waals surface area contributed by atoms with Crippen LogP contribution in [-0.2, 0) is 11.2 Å². The van der Waals surface area contributed by atoms with Crippen molar-refractivity contribution in [2.45, 2.75) is 39.0 Å². The Labute approximate surface area is 132 Å². The van der Waals surface area contributed by atoms with Crippen molar-refractivity contribution in [1.82, 2.24) is 15.6 Å². The first-order valence-corrected chi connectivity index (χ1v) is 8.33. The van der Waals surface area contributed by atoms with Crippen LogP contribution in [0.1, 0.15) is 38.2 Å². The third kappa shape index (κ3) is 5.19. The molecule has 1 amide bonds. The van der Waals surface area contributed by atoms with Gasteiger partial charge in [-0.3, -0.25) is 4.79 Å². The minimum absolute atomic E-state index is 0.149. The highest BCUT2D eigenvalue weighted by Gasteiger charge is 2.03. The average Bonchev–Trinajstić information content (AvgIpc) is 2.95. The largest absolute Gasteiger partial charge is 0.361 e. The number of aromatic amines is 1. The molecular formula is C18H27N3O. The summed E-state index contributed by atoms with van der Waals surface area (Å²) in [5.41, 5.74) is 2.51. The Morgan fingerprint density at radius 3 is 2.86 bits per heavy atom. The molecule has 22 heavy (non-hydrogen) atoms. The summed E-state index contributed by atoms with van der Waals surface area (Å²) in [6.07, 6.45) is 7.06. The second-order valence-electron chi connectivity index (χ2n) is 5.67. The Morgan fingerprint density at radius 2 is 2.00 bits per heavy atom. The van der Waals surface area contributed by atoms with E-state index in [1.54, 1.807) is 0 Å². The number of nitrogens with one attached hydrogen (secondary N) is 3. The van der Waals surface area contributed by atoms with Crippen LogP contribution in [0.2, 0.25) is 0 Å². The highest BCUT2D eigenvalue weighted by atomic mass is 16.1. The maximum atomic E-state index is 11.6. The molecule has 0 saturated carbocycles. The molecule has 0 radical (unpaired) electrons. The van der Waals surface area contributed by atoms with Gasteiger partial charge in [-0.1, -0.05) is 38.0 Å². The van der Waals surface area contributed by atoms with Gasteiger partial charge in [0, 0.05) is 36.6 Å². The molecule has 1 aromatic carbocycles. The third-order valence-electron chi connectivity index (χ3n) is 3.88. The molecule has 0 aliphatic rings. The number of rotatable bonds is 10. The monoisotopic (exact) mass is 301 g/mol. The molecule has 2 rings (SSSR count). The van der Waals surface area contributed by atoms with Gasteiger partial charge in [0.15, 0.2) is 0 Å². The van der Waals surface area contributed by atoms with Gasteiger partial charge < -0.3 is 15.6 Å². The molecule has 0 spiro atoms. The van der Waals surface area contributed by atoms with Crippen molar-refractivity contribution in [3.8, 4) is 0 Å². The van der Waals surface area contributed by atoms with E-state index in [2.05, 4.69) is 46.9 Å². The van der Waals surface area contributed by atoms with Crippen LogP contribution >= 0.6 is 0 Å². The number of H-pyrrole nitrogens is 1. The van der Waals surface area contributed by atoms with Gasteiger partial charge in [0.25, 0.3) is 0 Å². The zero-order valence-electron chi connectivity index (χ0n) is 13.5. The molecule has 4 heteroatoms. The number of para-hydroxylation sites is 1. The van der Waals surface area contributed by atoms with Crippen LogP contribution in [0, 0.1) is 0 Å². The average molecular weight is 301 g/mol. The summed E-state index contributed by atoms with van der Waals surface area (Å²) >= 11 is 0. The van der Waals surface area contributed by atoms with Crippen LogP contribution in [-0.4, -0.2) is 30.5 Å². The third-order valence-corrected chi connectivity index (χ3v) is 3.88. The molecule has 1 heterocycles. The smallest absolute Gasteiger partial charge is 0.221 e. The fraction of sp³-hybridized carbons (Fsp3) is 0.500. The quantitative estimate of drug-likeness (QED) is 0.591. The lowest BCUT2D eigenvalue weighted by molar-refractivity contribution is -0.121. The summed E-state index contributed by atoms with van der Waals surface area (Å²) in [6.45, 7) is 4.61. The number of carbonyl (C=O) groups is 1. The van der Waals surface area contributed by atoms with E-state index in [0.717, 1.165) is 32.5 Å². The van der Waals surface area contributed by atoms with E-state index in [1.165, 1.54) is 29.3 Å². The molecule has 0 unspecified atom stereocenters. The van der Waals surface area contributed by atoms with E-state index in [0.29, 0.717) is 6.42 Å². The van der Waals surface area contributed by atoms with E-state index in [1.807, 2.05) is 6.07 Å². The second kappa shape index (κ2) is 9.26. The molecule has 3 N–H and O–H groups in total. The summed E-state index contributed by atoms with van der Waals surface area (Å²) in [6, 6.07) is 8.34. The van der Waals surface area contributed by atoms with Crippen LogP contribution in [0.25, 0.3) is 10.9 Å². The summed E-state index contributed by atoms with van der Waals surface area (Å²) in [7, 11) is 0. The Morgan fingerprint density at radius 1 is 1.14 bits per heavy atom. The Kier molecular flexibility index (Phi) is 6.97. The minimum atomic E-state index is 0.149. The normalized spacial score (nSPS) is 11.0. The molecule has 0 fully saturated rings. The molecule has 4 nitrogen and oxygen atoms in total. The van der Waals surface area contributed by atoms with Crippen molar-refractivity contribution in [2.75, 3.05) is 19.6 Å². The maximum Gasteiger partial charge on any atom is 0.221 e. The summed E-state index contributed by atoms with van der Waals surface area (Å²) in [5.74, 6) is 0.149. The van der Waals surface area contributed by atoms with Crippen LogP contribution in [0.3, 0.4) is 0 Å². The number of carbonyl (C=O) groups excluding carboxylic acids is 1. The van der Waals surface area contributed by atoms with Gasteiger partial charge in [-0.25, -0.2) is 0 Å². The maximum absolute atomic E-state index is 11.6. The molecule has 2 aromatic rings. The van der Waals surface area contributed by atoms with Gasteiger partial charge in [0.1, 0.15) is 0 Å². The molecule has 0 aliphatic carbocycles. The highest BCUT2D eigenvalue weighted by molar-refractivity contribution is 5.83. The van der Waals surface area contributed by atoms with Crippen LogP contribution in [0.5, 0.6) is 0 Å². The van der Waals surface area contributed by atoms with Crippen molar-refractivity contribution in [3.05, 3.63) is 36.0 Å². The summed E-state index contributed by atoms with van der Waals surface area (Å²) in [5, 5.41) is 7.60. The molecule has 0 atom stereocenters. The number of hydrogen-bond acceptors (Lipinski definition) is 2. The molecule has 0 aliphatic heterocycles. The summed E-state index contributed by atoms with van der Waals surface area (Å²) < 4.78 is 0. The van der Waals surface area contributed by atoms with Gasteiger partial charge in [-0.05, 0) is 31.0 Å². The van der Waals surface area contributed by atoms with Gasteiger partial charge in [0.2, 0.25) is 5.91 Å². The van der Waals surface area contributed by atoms with Gasteiger partial charge in [-0.2, -0.15) is 0 Å². The zero-order valence-corrected chi connectivity index (χ0v) is 13.5. The number of aromatic nitrogens is 1. The first-order valence-electron chi connectivity index (χ1n) is 8.33. The minimum Gasteiger partial charge on any atom is -0.361 e. The zero-order chi connectivity index (χ0) is 15.6. The van der Waals surface area contributed by atoms with Gasteiger partial charge >= 0.3 is 0 Å². The fourth-order valence-electron chi connectivity index (χ4n) is 2.58. The van der Waals surface area contributed by atoms with E-state index in [-0.39, 0.29) is 5.91 Å². The predicted molar refractivity (Wildman–Crippen MR) is 92.0 cm³/mol. The standard InChI is InChI=1S/C18H27N3O/c1-2-3-6-11-20-18(22)10-13-19-12-9-15-14-21-17-8-5-4-7-16(15)17/h4-5,7-8,14,19,21H,2-3,6,9-13H2,1H3,(H,20,22). The van der Waals surface area contributed by atoms with Crippen molar-refractivity contribution < 1.29 is 4.79 Å². The number of benzene rings is 1. The highest BCUT2D eigenvalue weighted by Crippen LogP contribution is 2.17. The molecule has 120 valence electrons. The van der Waals surface area contributed by atoms with E-state index in [9.17, 15) is 4.79 Å². The van der Waals surface area contributed by atoms with Crippen molar-refractivity contribution in [1.29, 1.82) is 0 Å². The lowest BCUT2D eigenvalue weighted by Crippen LogP contribution is -2.29. The van der Waals surface area contributed by atoms with Crippen molar-refractivity contribution in [2.24, 2.45) is 0 Å². The van der Waals surface area contributed by atoms with E-state index >= 15 is 0 Å². The Hall–Kier alpha value is -1.81. The lowest BCUT2D eigenvalue weighted by Gasteiger charge is -2.06. The molecule has 0 saturated heterocycles. The first kappa shape index (κ1) is 16.6. The van der Waals surface area contributed by atoms with E-state index in [4.69, 9.17) is 0 Å². The fourth-order valence-corrected chi connectivity index (χ4v) is 2.58. The SMILES string of the molecule is CCCCCNC(=O)CCNCCc1c[nH]c2ccccc12. The molecule has 0 bridgehead atoms. The molecular weight excluding hydrogens is 274 g/mol. The molecule has 1 aromatic heterocycles.